The zero-order valence-corrected chi connectivity index (χ0v) is 15.7. The van der Waals surface area contributed by atoms with E-state index in [2.05, 4.69) is 52.0 Å². The van der Waals surface area contributed by atoms with Crippen molar-refractivity contribution >= 4 is 11.9 Å². The molecule has 0 spiro atoms. The van der Waals surface area contributed by atoms with Gasteiger partial charge in [0.25, 0.3) is 0 Å². The van der Waals surface area contributed by atoms with Crippen LogP contribution in [0.25, 0.3) is 6.08 Å². The summed E-state index contributed by atoms with van der Waals surface area (Å²) in [6.45, 7) is 9.42. The highest BCUT2D eigenvalue weighted by molar-refractivity contribution is 6.06. The van der Waals surface area contributed by atoms with E-state index in [4.69, 9.17) is 4.74 Å². The smallest absolute Gasteiger partial charge is 0.185 e. The second-order valence-electron chi connectivity index (χ2n) is 7.30. The molecular weight excluding hydrogens is 308 g/mol. The van der Waals surface area contributed by atoms with Gasteiger partial charge >= 0.3 is 0 Å². The second-order valence-corrected chi connectivity index (χ2v) is 7.30. The van der Waals surface area contributed by atoms with E-state index < -0.39 is 0 Å². The largest absolute Gasteiger partial charge is 0.494 e. The minimum Gasteiger partial charge on any atom is -0.494 e. The number of ether oxygens (including phenoxy) is 1. The van der Waals surface area contributed by atoms with Crippen LogP contribution in [0.2, 0.25) is 0 Å². The summed E-state index contributed by atoms with van der Waals surface area (Å²) in [7, 11) is 0. The summed E-state index contributed by atoms with van der Waals surface area (Å²) in [6.07, 6.45) is 5.63. The van der Waals surface area contributed by atoms with Crippen LogP contribution in [0.4, 0.5) is 0 Å². The van der Waals surface area contributed by atoms with Crippen molar-refractivity contribution in [2.24, 2.45) is 0 Å². The maximum atomic E-state index is 12.3. The van der Waals surface area contributed by atoms with Crippen molar-refractivity contribution in [3.63, 3.8) is 0 Å². The van der Waals surface area contributed by atoms with E-state index in [-0.39, 0.29) is 11.2 Å². The highest BCUT2D eigenvalue weighted by Gasteiger charge is 2.12. The maximum absolute atomic E-state index is 12.3. The van der Waals surface area contributed by atoms with Crippen LogP contribution in [0.15, 0.2) is 54.6 Å². The summed E-state index contributed by atoms with van der Waals surface area (Å²) >= 11 is 0. The lowest BCUT2D eigenvalue weighted by Gasteiger charge is -2.18. The zero-order valence-electron chi connectivity index (χ0n) is 15.7. The standard InChI is InChI=1S/C23H28O2/c1-5-6-17-25-21-14-10-19(11-15-21)22(24)16-9-18-7-12-20(13-8-18)23(2,3)4/h7-16H,5-6,17H2,1-4H3/b16-9+. The highest BCUT2D eigenvalue weighted by Crippen LogP contribution is 2.22. The first-order chi connectivity index (χ1) is 11.9. The van der Waals surface area contributed by atoms with Gasteiger partial charge < -0.3 is 4.74 Å². The third-order valence-corrected chi connectivity index (χ3v) is 4.11. The molecule has 0 N–H and O–H groups in total. The molecule has 0 atom stereocenters. The molecule has 0 bridgehead atoms. The number of carbonyl (C=O) groups is 1. The van der Waals surface area contributed by atoms with Crippen molar-refractivity contribution in [2.75, 3.05) is 6.61 Å². The van der Waals surface area contributed by atoms with Gasteiger partial charge in [-0.3, -0.25) is 4.79 Å². The van der Waals surface area contributed by atoms with Crippen LogP contribution in [-0.4, -0.2) is 12.4 Å². The van der Waals surface area contributed by atoms with Crippen LogP contribution in [0, 0.1) is 0 Å². The van der Waals surface area contributed by atoms with Crippen molar-refractivity contribution in [3.05, 3.63) is 71.3 Å². The van der Waals surface area contributed by atoms with Crippen LogP contribution in [0.1, 0.15) is 62.0 Å². The van der Waals surface area contributed by atoms with E-state index in [0.717, 1.165) is 24.2 Å². The van der Waals surface area contributed by atoms with Crippen LogP contribution in [-0.2, 0) is 5.41 Å². The summed E-state index contributed by atoms with van der Waals surface area (Å²) in [4.78, 5) is 12.3. The predicted octanol–water partition coefficient (Wildman–Crippen LogP) is 6.06. The number of unbranched alkanes of at least 4 members (excludes halogenated alkanes) is 1. The summed E-state index contributed by atoms with van der Waals surface area (Å²) in [5.41, 5.74) is 3.12. The molecule has 0 aliphatic rings. The first-order valence-electron chi connectivity index (χ1n) is 8.96. The Morgan fingerprint density at radius 1 is 1.00 bits per heavy atom. The molecule has 0 aliphatic heterocycles. The molecule has 0 fully saturated rings. The summed E-state index contributed by atoms with van der Waals surface area (Å²) in [6, 6.07) is 15.7. The first kappa shape index (κ1) is 19.0. The number of rotatable bonds is 7. The second kappa shape index (κ2) is 8.66. The maximum Gasteiger partial charge on any atom is 0.185 e. The van der Waals surface area contributed by atoms with Gasteiger partial charge in [0.05, 0.1) is 6.61 Å². The fraction of sp³-hybridized carbons (Fsp3) is 0.348. The third kappa shape index (κ3) is 5.90. The molecule has 2 aromatic rings. The van der Waals surface area contributed by atoms with Crippen molar-refractivity contribution in [1.29, 1.82) is 0 Å². The monoisotopic (exact) mass is 336 g/mol. The lowest BCUT2D eigenvalue weighted by molar-refractivity contribution is 0.104. The average molecular weight is 336 g/mol. The van der Waals surface area contributed by atoms with Crippen molar-refractivity contribution < 1.29 is 9.53 Å². The van der Waals surface area contributed by atoms with Gasteiger partial charge in [-0.1, -0.05) is 64.5 Å². The Balaban J connectivity index is 1.97. The Bertz CT molecular complexity index is 701. The number of benzene rings is 2. The Morgan fingerprint density at radius 2 is 1.64 bits per heavy atom. The van der Waals surface area contributed by atoms with E-state index in [0.29, 0.717) is 12.2 Å². The molecular formula is C23H28O2. The lowest BCUT2D eigenvalue weighted by Crippen LogP contribution is -2.10. The van der Waals surface area contributed by atoms with E-state index in [1.165, 1.54) is 5.56 Å². The Morgan fingerprint density at radius 3 is 2.20 bits per heavy atom. The lowest BCUT2D eigenvalue weighted by atomic mass is 9.87. The van der Waals surface area contributed by atoms with E-state index in [1.807, 2.05) is 30.3 Å². The molecule has 0 amide bonds. The van der Waals surface area contributed by atoms with Gasteiger partial charge in [-0.2, -0.15) is 0 Å². The minimum absolute atomic E-state index is 0.00000566. The number of ketones is 1. The molecule has 132 valence electrons. The highest BCUT2D eigenvalue weighted by atomic mass is 16.5. The fourth-order valence-corrected chi connectivity index (χ4v) is 2.41. The molecule has 0 aromatic heterocycles. The van der Waals surface area contributed by atoms with Crippen LogP contribution < -0.4 is 4.74 Å². The summed E-state index contributed by atoms with van der Waals surface area (Å²) in [5, 5.41) is 0. The van der Waals surface area contributed by atoms with E-state index in [1.54, 1.807) is 6.08 Å². The van der Waals surface area contributed by atoms with Gasteiger partial charge in [0.2, 0.25) is 0 Å². The minimum atomic E-state index is 0.00000566. The van der Waals surface area contributed by atoms with Crippen LogP contribution in [0.3, 0.4) is 0 Å². The molecule has 2 heteroatoms. The zero-order chi connectivity index (χ0) is 18.3. The van der Waals surface area contributed by atoms with Crippen molar-refractivity contribution in [2.45, 2.75) is 46.0 Å². The van der Waals surface area contributed by atoms with E-state index in [9.17, 15) is 4.79 Å². The quantitative estimate of drug-likeness (QED) is 0.349. The van der Waals surface area contributed by atoms with Crippen LogP contribution in [0.5, 0.6) is 5.75 Å². The third-order valence-electron chi connectivity index (χ3n) is 4.11. The molecule has 0 radical (unpaired) electrons. The Labute approximate surface area is 151 Å². The van der Waals surface area contributed by atoms with Gasteiger partial charge in [-0.25, -0.2) is 0 Å². The molecule has 0 unspecified atom stereocenters. The molecule has 0 aliphatic carbocycles. The van der Waals surface area contributed by atoms with Crippen molar-refractivity contribution in [1.82, 2.24) is 0 Å². The van der Waals surface area contributed by atoms with Gasteiger partial charge in [-0.05, 0) is 53.3 Å². The topological polar surface area (TPSA) is 26.3 Å². The summed E-state index contributed by atoms with van der Waals surface area (Å²) < 4.78 is 5.62. The van der Waals surface area contributed by atoms with E-state index >= 15 is 0 Å². The number of allylic oxidation sites excluding steroid dienone is 1. The van der Waals surface area contributed by atoms with Gasteiger partial charge in [-0.15, -0.1) is 0 Å². The summed E-state index contributed by atoms with van der Waals surface area (Å²) in [5.74, 6) is 0.812. The molecule has 2 rings (SSSR count). The predicted molar refractivity (Wildman–Crippen MR) is 105 cm³/mol. The molecule has 0 heterocycles. The normalized spacial score (nSPS) is 11.7. The van der Waals surface area contributed by atoms with Gasteiger partial charge in [0.15, 0.2) is 5.78 Å². The van der Waals surface area contributed by atoms with Crippen molar-refractivity contribution in [3.8, 4) is 5.75 Å². The molecule has 2 nitrogen and oxygen atoms in total. The molecule has 0 saturated carbocycles. The van der Waals surface area contributed by atoms with Crippen LogP contribution >= 0.6 is 0 Å². The fourth-order valence-electron chi connectivity index (χ4n) is 2.41. The average Bonchev–Trinajstić information content (AvgIpc) is 2.60. The Hall–Kier alpha value is -2.35. The first-order valence-corrected chi connectivity index (χ1v) is 8.96. The number of hydrogen-bond donors (Lipinski definition) is 0. The molecule has 0 saturated heterocycles. The van der Waals surface area contributed by atoms with Gasteiger partial charge in [0.1, 0.15) is 5.75 Å². The van der Waals surface area contributed by atoms with Gasteiger partial charge in [0, 0.05) is 5.56 Å². The SMILES string of the molecule is CCCCOc1ccc(C(=O)/C=C/c2ccc(C(C)(C)C)cc2)cc1. The molecule has 2 aromatic carbocycles. The number of hydrogen-bond acceptors (Lipinski definition) is 2. The number of carbonyl (C=O) groups excluding carboxylic acids is 1. The molecule has 25 heavy (non-hydrogen) atoms. The Kier molecular flexibility index (Phi) is 6.58.